The lowest BCUT2D eigenvalue weighted by Crippen LogP contribution is -2.45. The quantitative estimate of drug-likeness (QED) is 0.699. The number of urea groups is 1. The molecule has 2 heterocycles. The number of hydrogen-bond donors (Lipinski definition) is 2. The summed E-state index contributed by atoms with van der Waals surface area (Å²) in [6, 6.07) is 10.3. The number of methoxy groups -OCH3 is 1. The molecule has 2 N–H and O–H groups in total. The van der Waals surface area contributed by atoms with Gasteiger partial charge in [0.2, 0.25) is 11.8 Å². The Bertz CT molecular complexity index is 1040. The van der Waals surface area contributed by atoms with Crippen LogP contribution in [0.5, 0.6) is 0 Å². The molecule has 168 valence electrons. The monoisotopic (exact) mass is 440 g/mol. The van der Waals surface area contributed by atoms with Gasteiger partial charge in [0.05, 0.1) is 11.8 Å². The lowest BCUT2D eigenvalue weighted by atomic mass is 10.1. The summed E-state index contributed by atoms with van der Waals surface area (Å²) in [5.41, 5.74) is 2.12. The number of ether oxygens (including phenoxy) is 1. The molecular weight excluding hydrogens is 415 g/mol. The molecule has 0 spiro atoms. The molecule has 9 heteroatoms. The first-order valence-electron chi connectivity index (χ1n) is 10.4. The maximum Gasteiger partial charge on any atom is 0.322 e. The predicted octanol–water partition coefficient (Wildman–Crippen LogP) is 3.13. The Morgan fingerprint density at radius 3 is 2.47 bits per heavy atom. The summed E-state index contributed by atoms with van der Waals surface area (Å²) < 4.78 is 20.0. The van der Waals surface area contributed by atoms with Crippen molar-refractivity contribution in [1.82, 2.24) is 4.90 Å². The van der Waals surface area contributed by atoms with Crippen molar-refractivity contribution in [1.29, 1.82) is 0 Å². The molecule has 2 atom stereocenters. The van der Waals surface area contributed by atoms with E-state index < -0.39 is 23.8 Å². The van der Waals surface area contributed by atoms with Crippen molar-refractivity contribution in [3.63, 3.8) is 0 Å². The number of nitrogens with zero attached hydrogens (tertiary/aromatic N) is 2. The fourth-order valence-corrected chi connectivity index (χ4v) is 3.85. The minimum absolute atomic E-state index is 0.00789. The first-order valence-corrected chi connectivity index (χ1v) is 10.4. The number of benzene rings is 2. The Morgan fingerprint density at radius 1 is 1.12 bits per heavy atom. The van der Waals surface area contributed by atoms with Crippen LogP contribution in [0.3, 0.4) is 0 Å². The van der Waals surface area contributed by atoms with Crippen molar-refractivity contribution >= 4 is 34.9 Å². The zero-order valence-corrected chi connectivity index (χ0v) is 17.9. The topological polar surface area (TPSA) is 91.0 Å². The SMILES string of the molecule is CO[C@@H]1C[C@H](C(=O)Nc2ccc(N3CCC3=O)cc2F)N(C(=O)Nc2ccc(C)cc2)C1. The molecule has 2 fully saturated rings. The van der Waals surface area contributed by atoms with E-state index in [0.29, 0.717) is 30.8 Å². The van der Waals surface area contributed by atoms with Gasteiger partial charge in [0, 0.05) is 44.4 Å². The summed E-state index contributed by atoms with van der Waals surface area (Å²) in [4.78, 5) is 40.3. The fraction of sp³-hybridized carbons (Fsp3) is 0.348. The van der Waals surface area contributed by atoms with E-state index in [1.54, 1.807) is 18.2 Å². The summed E-state index contributed by atoms with van der Waals surface area (Å²) in [5, 5.41) is 5.36. The lowest BCUT2D eigenvalue weighted by Gasteiger charge is -2.30. The number of likely N-dealkylation sites (tertiary alicyclic amines) is 1. The Labute approximate surface area is 185 Å². The van der Waals surface area contributed by atoms with Crippen molar-refractivity contribution < 1.29 is 23.5 Å². The zero-order chi connectivity index (χ0) is 22.8. The molecule has 2 aliphatic rings. The molecule has 0 aliphatic carbocycles. The van der Waals surface area contributed by atoms with Crippen LogP contribution < -0.4 is 15.5 Å². The highest BCUT2D eigenvalue weighted by molar-refractivity contribution is 6.01. The standard InChI is InChI=1S/C23H25FN4O4/c1-14-3-5-15(6-4-14)25-23(31)28-13-17(32-2)12-20(28)22(30)26-19-8-7-16(11-18(19)24)27-10-9-21(27)29/h3-8,11,17,20H,9-10,12-13H2,1-2H3,(H,25,31)(H,26,30)/t17-,20-/m1/s1. The second-order valence-electron chi connectivity index (χ2n) is 8.01. The van der Waals surface area contributed by atoms with Crippen LogP contribution in [0.4, 0.5) is 26.2 Å². The van der Waals surface area contributed by atoms with Crippen LogP contribution in [-0.4, -0.2) is 55.1 Å². The average Bonchev–Trinajstić information content (AvgIpc) is 3.21. The highest BCUT2D eigenvalue weighted by atomic mass is 19.1. The molecule has 0 radical (unpaired) electrons. The van der Waals surface area contributed by atoms with Crippen molar-refractivity contribution in [2.45, 2.75) is 31.9 Å². The van der Waals surface area contributed by atoms with Gasteiger partial charge in [-0.05, 0) is 37.3 Å². The molecule has 2 aromatic carbocycles. The van der Waals surface area contributed by atoms with E-state index >= 15 is 0 Å². The minimum Gasteiger partial charge on any atom is -0.380 e. The highest BCUT2D eigenvalue weighted by Crippen LogP contribution is 2.28. The van der Waals surface area contributed by atoms with E-state index in [-0.39, 0.29) is 24.2 Å². The van der Waals surface area contributed by atoms with Gasteiger partial charge in [-0.1, -0.05) is 17.7 Å². The van der Waals surface area contributed by atoms with Crippen molar-refractivity contribution in [2.24, 2.45) is 0 Å². The summed E-state index contributed by atoms with van der Waals surface area (Å²) in [6.45, 7) is 2.74. The van der Waals surface area contributed by atoms with E-state index in [0.717, 1.165) is 5.56 Å². The molecular formula is C23H25FN4O4. The van der Waals surface area contributed by atoms with Gasteiger partial charge in [0.25, 0.3) is 0 Å². The number of carbonyl (C=O) groups excluding carboxylic acids is 3. The first-order chi connectivity index (χ1) is 15.4. The third-order valence-electron chi connectivity index (χ3n) is 5.83. The largest absolute Gasteiger partial charge is 0.380 e. The summed E-state index contributed by atoms with van der Waals surface area (Å²) in [5.74, 6) is -1.21. The van der Waals surface area contributed by atoms with Gasteiger partial charge >= 0.3 is 6.03 Å². The van der Waals surface area contributed by atoms with E-state index in [1.807, 2.05) is 19.1 Å². The molecule has 2 aliphatic heterocycles. The normalized spacial score (nSPS) is 20.2. The number of rotatable bonds is 5. The molecule has 4 rings (SSSR count). The van der Waals surface area contributed by atoms with E-state index in [9.17, 15) is 18.8 Å². The van der Waals surface area contributed by atoms with E-state index in [1.165, 1.54) is 29.0 Å². The third kappa shape index (κ3) is 4.43. The number of amides is 4. The van der Waals surface area contributed by atoms with Crippen molar-refractivity contribution in [3.8, 4) is 0 Å². The Kier molecular flexibility index (Phi) is 6.09. The maximum atomic E-state index is 14.6. The van der Waals surface area contributed by atoms with Gasteiger partial charge in [0.1, 0.15) is 11.9 Å². The molecule has 0 saturated carbocycles. The number of aryl methyl sites for hydroxylation is 1. The van der Waals surface area contributed by atoms with Crippen LogP contribution >= 0.6 is 0 Å². The average molecular weight is 440 g/mol. The molecule has 0 aromatic heterocycles. The maximum absolute atomic E-state index is 14.6. The smallest absolute Gasteiger partial charge is 0.322 e. The van der Waals surface area contributed by atoms with E-state index in [4.69, 9.17) is 4.74 Å². The molecule has 32 heavy (non-hydrogen) atoms. The van der Waals surface area contributed by atoms with Crippen LogP contribution in [0, 0.1) is 12.7 Å². The molecule has 0 bridgehead atoms. The summed E-state index contributed by atoms with van der Waals surface area (Å²) in [6.07, 6.45) is 0.438. The molecule has 2 aromatic rings. The third-order valence-corrected chi connectivity index (χ3v) is 5.83. The van der Waals surface area contributed by atoms with Crippen molar-refractivity contribution in [2.75, 3.05) is 35.7 Å². The zero-order valence-electron chi connectivity index (χ0n) is 17.9. The number of nitrogens with one attached hydrogen (secondary N) is 2. The van der Waals surface area contributed by atoms with Gasteiger partial charge in [-0.25, -0.2) is 9.18 Å². The predicted molar refractivity (Wildman–Crippen MR) is 118 cm³/mol. The van der Waals surface area contributed by atoms with Gasteiger partial charge in [0.15, 0.2) is 0 Å². The van der Waals surface area contributed by atoms with Gasteiger partial charge in [-0.3, -0.25) is 9.59 Å². The van der Waals surface area contributed by atoms with Crippen LogP contribution in [0.25, 0.3) is 0 Å². The Balaban J connectivity index is 1.46. The Hall–Kier alpha value is -3.46. The molecule has 8 nitrogen and oxygen atoms in total. The fourth-order valence-electron chi connectivity index (χ4n) is 3.85. The number of hydrogen-bond acceptors (Lipinski definition) is 4. The van der Waals surface area contributed by atoms with Crippen LogP contribution in [-0.2, 0) is 14.3 Å². The van der Waals surface area contributed by atoms with Gasteiger partial charge in [-0.15, -0.1) is 0 Å². The van der Waals surface area contributed by atoms with Gasteiger partial charge in [-0.2, -0.15) is 0 Å². The summed E-state index contributed by atoms with van der Waals surface area (Å²) >= 11 is 0. The number of halogens is 1. The Morgan fingerprint density at radius 2 is 1.88 bits per heavy atom. The highest BCUT2D eigenvalue weighted by Gasteiger charge is 2.40. The summed E-state index contributed by atoms with van der Waals surface area (Å²) in [7, 11) is 1.52. The lowest BCUT2D eigenvalue weighted by molar-refractivity contribution is -0.122. The number of anilines is 3. The molecule has 4 amide bonds. The van der Waals surface area contributed by atoms with Gasteiger partial charge < -0.3 is 25.2 Å². The van der Waals surface area contributed by atoms with Crippen LogP contribution in [0.2, 0.25) is 0 Å². The van der Waals surface area contributed by atoms with Crippen molar-refractivity contribution in [3.05, 3.63) is 53.8 Å². The second kappa shape index (κ2) is 8.96. The number of carbonyl (C=O) groups is 3. The second-order valence-corrected chi connectivity index (χ2v) is 8.01. The molecule has 0 unspecified atom stereocenters. The first kappa shape index (κ1) is 21.8. The van der Waals surface area contributed by atoms with Crippen LogP contribution in [0.1, 0.15) is 18.4 Å². The van der Waals surface area contributed by atoms with E-state index in [2.05, 4.69) is 10.6 Å². The van der Waals surface area contributed by atoms with Crippen LogP contribution in [0.15, 0.2) is 42.5 Å². The number of β-lactam (4-membered cyclic amide) rings is 1. The molecule has 2 saturated heterocycles. The minimum atomic E-state index is -0.818.